The van der Waals surface area contributed by atoms with E-state index in [1.165, 1.54) is 6.07 Å². The number of ether oxygens (including phenoxy) is 1. The number of hydrogen-bond donors (Lipinski definition) is 1. The third kappa shape index (κ3) is 3.27. The number of furan rings is 1. The molecule has 0 spiro atoms. The van der Waals surface area contributed by atoms with Crippen LogP contribution in [0.2, 0.25) is 0 Å². The number of aryl methyl sites for hydroxylation is 2. The van der Waals surface area contributed by atoms with E-state index < -0.39 is 5.97 Å². The first-order valence-corrected chi connectivity index (χ1v) is 8.30. The molecule has 2 heterocycles. The molecule has 4 rings (SSSR count). The second kappa shape index (κ2) is 6.60. The molecule has 0 fully saturated rings. The highest BCUT2D eigenvalue weighted by atomic mass is 16.5. The molecule has 0 radical (unpaired) electrons. The number of nitrogens with zero attached hydrogens (tertiary/aromatic N) is 2. The largest absolute Gasteiger partial charge is 0.507 e. The summed E-state index contributed by atoms with van der Waals surface area (Å²) in [6.07, 6.45) is 0. The van der Waals surface area contributed by atoms with Crippen molar-refractivity contribution in [1.82, 2.24) is 10.2 Å². The Bertz CT molecular complexity index is 1140. The number of fused-ring (bicyclic) bond motifs is 1. The van der Waals surface area contributed by atoms with Gasteiger partial charge in [-0.1, -0.05) is 24.3 Å². The smallest absolute Gasteiger partial charge is 0.342 e. The van der Waals surface area contributed by atoms with E-state index in [1.54, 1.807) is 19.1 Å². The minimum Gasteiger partial charge on any atom is -0.507 e. The number of benzene rings is 2. The number of phenolic OH excluding ortho intramolecular Hbond substituents is 1. The number of phenols is 1. The molecule has 0 bridgehead atoms. The first-order chi connectivity index (χ1) is 13.0. The molecule has 0 aliphatic heterocycles. The number of rotatable bonds is 4. The summed E-state index contributed by atoms with van der Waals surface area (Å²) < 4.78 is 16.2. The summed E-state index contributed by atoms with van der Waals surface area (Å²) >= 11 is 0. The molecule has 27 heavy (non-hydrogen) atoms. The second-order valence-corrected chi connectivity index (χ2v) is 6.12. The van der Waals surface area contributed by atoms with Crippen LogP contribution in [0.4, 0.5) is 0 Å². The SMILES string of the molecule is Cc1cc(-c2nnc(COC(=O)c3cc4ccccc4cc3O)o2)c(C)o1. The van der Waals surface area contributed by atoms with Crippen molar-refractivity contribution in [2.75, 3.05) is 0 Å². The van der Waals surface area contributed by atoms with Crippen LogP contribution in [0.3, 0.4) is 0 Å². The molecular weight excluding hydrogens is 348 g/mol. The van der Waals surface area contributed by atoms with Gasteiger partial charge in [-0.3, -0.25) is 0 Å². The normalized spacial score (nSPS) is 11.0. The molecular formula is C20H16N2O5. The second-order valence-electron chi connectivity index (χ2n) is 6.12. The van der Waals surface area contributed by atoms with Gasteiger partial charge in [0.15, 0.2) is 6.61 Å². The molecule has 7 heteroatoms. The fraction of sp³-hybridized carbons (Fsp3) is 0.150. The van der Waals surface area contributed by atoms with Crippen molar-refractivity contribution in [1.29, 1.82) is 0 Å². The van der Waals surface area contributed by atoms with Crippen molar-refractivity contribution in [2.45, 2.75) is 20.5 Å². The van der Waals surface area contributed by atoms with Gasteiger partial charge in [-0.25, -0.2) is 4.79 Å². The monoisotopic (exact) mass is 364 g/mol. The highest BCUT2D eigenvalue weighted by Crippen LogP contribution is 2.27. The van der Waals surface area contributed by atoms with Crippen LogP contribution in [0.1, 0.15) is 27.8 Å². The maximum Gasteiger partial charge on any atom is 0.342 e. The lowest BCUT2D eigenvalue weighted by Crippen LogP contribution is -2.06. The fourth-order valence-electron chi connectivity index (χ4n) is 2.86. The van der Waals surface area contributed by atoms with E-state index in [-0.39, 0.29) is 23.8 Å². The Labute approximate surface area is 154 Å². The maximum absolute atomic E-state index is 12.3. The van der Waals surface area contributed by atoms with Crippen LogP contribution >= 0.6 is 0 Å². The van der Waals surface area contributed by atoms with Crippen LogP contribution in [0.25, 0.3) is 22.2 Å². The number of carbonyl (C=O) groups excluding carboxylic acids is 1. The van der Waals surface area contributed by atoms with Crippen LogP contribution in [0.15, 0.2) is 51.3 Å². The highest BCUT2D eigenvalue weighted by Gasteiger charge is 2.18. The number of hydrogen-bond acceptors (Lipinski definition) is 7. The molecule has 0 aliphatic rings. The Morgan fingerprint density at radius 3 is 2.52 bits per heavy atom. The maximum atomic E-state index is 12.3. The number of aromatic hydroxyl groups is 1. The van der Waals surface area contributed by atoms with Gasteiger partial charge >= 0.3 is 5.97 Å². The number of carbonyl (C=O) groups is 1. The molecule has 2 aromatic carbocycles. The summed E-state index contributed by atoms with van der Waals surface area (Å²) in [5, 5.41) is 19.6. The summed E-state index contributed by atoms with van der Waals surface area (Å²) in [6.45, 7) is 3.42. The predicted octanol–water partition coefficient (Wildman–Crippen LogP) is 4.16. The van der Waals surface area contributed by atoms with Gasteiger partial charge in [-0.2, -0.15) is 0 Å². The Kier molecular flexibility index (Phi) is 4.12. The summed E-state index contributed by atoms with van der Waals surface area (Å²) in [5.41, 5.74) is 0.777. The third-order valence-corrected chi connectivity index (χ3v) is 4.15. The molecule has 0 saturated carbocycles. The van der Waals surface area contributed by atoms with Gasteiger partial charge in [-0.05, 0) is 42.8 Å². The van der Waals surface area contributed by atoms with Crippen molar-refractivity contribution in [3.63, 3.8) is 0 Å². The number of esters is 1. The molecule has 0 unspecified atom stereocenters. The van der Waals surface area contributed by atoms with E-state index in [2.05, 4.69) is 10.2 Å². The zero-order valence-corrected chi connectivity index (χ0v) is 14.7. The lowest BCUT2D eigenvalue weighted by molar-refractivity contribution is 0.0435. The van der Waals surface area contributed by atoms with Gasteiger partial charge < -0.3 is 18.7 Å². The van der Waals surface area contributed by atoms with Crippen molar-refractivity contribution in [3.05, 3.63) is 65.4 Å². The lowest BCUT2D eigenvalue weighted by Gasteiger charge is -2.06. The van der Waals surface area contributed by atoms with E-state index in [4.69, 9.17) is 13.6 Å². The third-order valence-electron chi connectivity index (χ3n) is 4.15. The standard InChI is InChI=1S/C20H16N2O5/c1-11-7-15(12(2)26-11)19-22-21-18(27-19)10-25-20(24)16-8-13-5-3-4-6-14(13)9-17(16)23/h3-9,23H,10H2,1-2H3. The van der Waals surface area contributed by atoms with Crippen LogP contribution in [-0.4, -0.2) is 21.3 Å². The summed E-state index contributed by atoms with van der Waals surface area (Å²) in [6, 6.07) is 12.3. The van der Waals surface area contributed by atoms with Crippen molar-refractivity contribution in [3.8, 4) is 17.2 Å². The van der Waals surface area contributed by atoms with E-state index in [9.17, 15) is 9.90 Å². The van der Waals surface area contributed by atoms with E-state index >= 15 is 0 Å². The van der Waals surface area contributed by atoms with Crippen LogP contribution in [0, 0.1) is 13.8 Å². The molecule has 2 aromatic heterocycles. The molecule has 0 amide bonds. The molecule has 4 aromatic rings. The molecule has 0 aliphatic carbocycles. The first-order valence-electron chi connectivity index (χ1n) is 8.30. The van der Waals surface area contributed by atoms with Gasteiger partial charge in [0.05, 0.1) is 5.56 Å². The van der Waals surface area contributed by atoms with Gasteiger partial charge in [0.25, 0.3) is 11.8 Å². The van der Waals surface area contributed by atoms with Crippen LogP contribution in [-0.2, 0) is 11.3 Å². The zero-order chi connectivity index (χ0) is 19.0. The van der Waals surface area contributed by atoms with E-state index in [1.807, 2.05) is 31.2 Å². The first kappa shape index (κ1) is 16.8. The Balaban J connectivity index is 1.50. The molecule has 0 atom stereocenters. The molecule has 1 N–H and O–H groups in total. The van der Waals surface area contributed by atoms with Gasteiger partial charge in [0.2, 0.25) is 0 Å². The van der Waals surface area contributed by atoms with Crippen molar-refractivity contribution < 1.29 is 23.5 Å². The predicted molar refractivity (Wildman–Crippen MR) is 96.2 cm³/mol. The van der Waals surface area contributed by atoms with Gasteiger partial charge in [0, 0.05) is 0 Å². The summed E-state index contributed by atoms with van der Waals surface area (Å²) in [5.74, 6) is 1.03. The van der Waals surface area contributed by atoms with Gasteiger partial charge in [-0.15, -0.1) is 10.2 Å². The van der Waals surface area contributed by atoms with Crippen molar-refractivity contribution in [2.24, 2.45) is 0 Å². The van der Waals surface area contributed by atoms with Crippen LogP contribution in [0.5, 0.6) is 5.75 Å². The van der Waals surface area contributed by atoms with E-state index in [0.29, 0.717) is 17.2 Å². The Hall–Kier alpha value is -3.61. The molecule has 7 nitrogen and oxygen atoms in total. The zero-order valence-electron chi connectivity index (χ0n) is 14.7. The fourth-order valence-corrected chi connectivity index (χ4v) is 2.86. The molecule has 136 valence electrons. The topological polar surface area (TPSA) is 98.6 Å². The Morgan fingerprint density at radius 2 is 1.81 bits per heavy atom. The minimum absolute atomic E-state index is 0.0785. The van der Waals surface area contributed by atoms with E-state index in [0.717, 1.165) is 16.5 Å². The van der Waals surface area contributed by atoms with Crippen molar-refractivity contribution >= 4 is 16.7 Å². The summed E-state index contributed by atoms with van der Waals surface area (Å²) in [4.78, 5) is 12.3. The quantitative estimate of drug-likeness (QED) is 0.543. The summed E-state index contributed by atoms with van der Waals surface area (Å²) in [7, 11) is 0. The average molecular weight is 364 g/mol. The Morgan fingerprint density at radius 1 is 1.07 bits per heavy atom. The average Bonchev–Trinajstić information content (AvgIpc) is 3.24. The lowest BCUT2D eigenvalue weighted by atomic mass is 10.1. The van der Waals surface area contributed by atoms with Crippen LogP contribution < -0.4 is 0 Å². The van der Waals surface area contributed by atoms with Gasteiger partial charge in [0.1, 0.15) is 22.8 Å². The minimum atomic E-state index is -0.673. The molecule has 0 saturated heterocycles. The number of aromatic nitrogens is 2. The highest BCUT2D eigenvalue weighted by molar-refractivity contribution is 5.98.